The number of benzene rings is 3. The average Bonchev–Trinajstić information content (AvgIpc) is 2.87. The number of amides is 1. The highest BCUT2D eigenvalue weighted by Gasteiger charge is 2.29. The quantitative estimate of drug-likeness (QED) is 0.390. The lowest BCUT2D eigenvalue weighted by molar-refractivity contribution is 0.102. The van der Waals surface area contributed by atoms with Gasteiger partial charge in [0.2, 0.25) is 10.0 Å². The van der Waals surface area contributed by atoms with Crippen LogP contribution in [0.1, 0.15) is 41.3 Å². The summed E-state index contributed by atoms with van der Waals surface area (Å²) >= 11 is 6.24. The molecule has 1 aliphatic rings. The Bertz CT molecular complexity index is 1560. The molecule has 8 nitrogen and oxygen atoms in total. The number of carbonyl (C=O) groups excluding carboxylic acids is 1. The highest BCUT2D eigenvalue weighted by Crippen LogP contribution is 2.27. The molecule has 202 valence electrons. The Morgan fingerprint density at radius 3 is 2.08 bits per heavy atom. The Kier molecular flexibility index (Phi) is 8.17. The van der Waals surface area contributed by atoms with Crippen molar-refractivity contribution in [1.82, 2.24) is 4.31 Å². The molecule has 1 heterocycles. The number of piperidine rings is 1. The maximum atomic E-state index is 13.1. The minimum Gasteiger partial charge on any atom is -0.322 e. The number of rotatable bonds is 7. The highest BCUT2D eigenvalue weighted by molar-refractivity contribution is 7.92. The third-order valence-corrected chi connectivity index (χ3v) is 10.4. The number of halogens is 1. The predicted molar refractivity (Wildman–Crippen MR) is 150 cm³/mol. The first-order chi connectivity index (χ1) is 17.9. The van der Waals surface area contributed by atoms with Gasteiger partial charge >= 0.3 is 0 Å². The van der Waals surface area contributed by atoms with Crippen molar-refractivity contribution in [3.8, 4) is 0 Å². The third-order valence-electron chi connectivity index (χ3n) is 6.74. The van der Waals surface area contributed by atoms with Crippen LogP contribution in [0.3, 0.4) is 0 Å². The van der Waals surface area contributed by atoms with E-state index in [1.165, 1.54) is 46.8 Å². The maximum Gasteiger partial charge on any atom is 0.261 e. The van der Waals surface area contributed by atoms with Crippen molar-refractivity contribution in [3.63, 3.8) is 0 Å². The summed E-state index contributed by atoms with van der Waals surface area (Å²) in [6, 6.07) is 15.0. The predicted octanol–water partition coefficient (Wildman–Crippen LogP) is 5.43. The van der Waals surface area contributed by atoms with Crippen LogP contribution in [0, 0.1) is 19.8 Å². The SMILES string of the molecule is Cc1ccc(NS(=O)(=O)c2ccc(NC(=O)c3cc(S(=O)(=O)N4CCC(C)CC4)ccc3Cl)cc2)cc1C. The normalized spacial score (nSPS) is 15.3. The van der Waals surface area contributed by atoms with Gasteiger partial charge in [-0.25, -0.2) is 16.8 Å². The van der Waals surface area contributed by atoms with Crippen LogP contribution in [0.25, 0.3) is 0 Å². The van der Waals surface area contributed by atoms with Gasteiger partial charge in [0.1, 0.15) is 0 Å². The number of nitrogens with one attached hydrogen (secondary N) is 2. The fourth-order valence-corrected chi connectivity index (χ4v) is 6.90. The van der Waals surface area contributed by atoms with Crippen LogP contribution in [0.4, 0.5) is 11.4 Å². The van der Waals surface area contributed by atoms with Crippen molar-refractivity contribution in [2.24, 2.45) is 5.92 Å². The minimum atomic E-state index is -3.84. The number of hydrogen-bond donors (Lipinski definition) is 2. The fraction of sp³-hybridized carbons (Fsp3) is 0.296. The van der Waals surface area contributed by atoms with Crippen LogP contribution in [0.5, 0.6) is 0 Å². The topological polar surface area (TPSA) is 113 Å². The summed E-state index contributed by atoms with van der Waals surface area (Å²) < 4.78 is 55.8. The second-order valence-electron chi connectivity index (χ2n) is 9.61. The van der Waals surface area contributed by atoms with E-state index in [-0.39, 0.29) is 20.4 Å². The second kappa shape index (κ2) is 11.1. The standard InChI is InChI=1S/C27H30ClN3O5S2/c1-18-12-14-31(15-13-18)38(35,36)24-10-11-26(28)25(17-24)27(32)29-21-6-8-23(9-7-21)37(33,34)30-22-5-4-19(2)20(3)16-22/h4-11,16-18,30H,12-15H2,1-3H3,(H,29,32). The van der Waals surface area contributed by atoms with Crippen molar-refractivity contribution in [1.29, 1.82) is 0 Å². The van der Waals surface area contributed by atoms with Crippen molar-refractivity contribution in [3.05, 3.63) is 82.4 Å². The monoisotopic (exact) mass is 575 g/mol. The number of sulfonamides is 2. The summed E-state index contributed by atoms with van der Waals surface area (Å²) in [7, 11) is -7.60. The molecule has 1 aliphatic heterocycles. The number of anilines is 2. The molecule has 0 spiro atoms. The van der Waals surface area contributed by atoms with Crippen LogP contribution in [-0.4, -0.2) is 40.1 Å². The summed E-state index contributed by atoms with van der Waals surface area (Å²) in [5.41, 5.74) is 2.80. The van der Waals surface area contributed by atoms with Gasteiger partial charge in [-0.15, -0.1) is 0 Å². The van der Waals surface area contributed by atoms with Crippen molar-refractivity contribution in [2.45, 2.75) is 43.4 Å². The first-order valence-electron chi connectivity index (χ1n) is 12.2. The van der Waals surface area contributed by atoms with Crippen LogP contribution in [0.15, 0.2) is 70.5 Å². The lowest BCUT2D eigenvalue weighted by atomic mass is 10.0. The molecular formula is C27H30ClN3O5S2. The lowest BCUT2D eigenvalue weighted by Gasteiger charge is -2.29. The van der Waals surface area contributed by atoms with Gasteiger partial charge in [-0.1, -0.05) is 24.6 Å². The third kappa shape index (κ3) is 6.20. The Hall–Kier alpha value is -2.92. The van der Waals surface area contributed by atoms with Crippen molar-refractivity contribution >= 4 is 48.9 Å². The first-order valence-corrected chi connectivity index (χ1v) is 15.5. The molecule has 2 N–H and O–H groups in total. The smallest absolute Gasteiger partial charge is 0.261 e. The molecule has 0 radical (unpaired) electrons. The lowest BCUT2D eigenvalue weighted by Crippen LogP contribution is -2.37. The Balaban J connectivity index is 1.49. The van der Waals surface area contributed by atoms with E-state index in [1.54, 1.807) is 12.1 Å². The zero-order valence-corrected chi connectivity index (χ0v) is 23.8. The molecule has 0 bridgehead atoms. The summed E-state index contributed by atoms with van der Waals surface area (Å²) in [6.45, 7) is 6.80. The van der Waals surface area contributed by atoms with Crippen molar-refractivity contribution < 1.29 is 21.6 Å². The van der Waals surface area contributed by atoms with Gasteiger partial charge in [-0.2, -0.15) is 4.31 Å². The Morgan fingerprint density at radius 1 is 0.842 bits per heavy atom. The van der Waals surface area contributed by atoms with Gasteiger partial charge in [0.05, 0.1) is 20.4 Å². The van der Waals surface area contributed by atoms with Crippen LogP contribution < -0.4 is 10.0 Å². The van der Waals surface area contributed by atoms with E-state index in [2.05, 4.69) is 17.0 Å². The van der Waals surface area contributed by atoms with E-state index in [1.807, 2.05) is 19.9 Å². The largest absolute Gasteiger partial charge is 0.322 e. The van der Waals surface area contributed by atoms with E-state index in [0.29, 0.717) is 30.4 Å². The highest BCUT2D eigenvalue weighted by atomic mass is 35.5. The summed E-state index contributed by atoms with van der Waals surface area (Å²) in [6.07, 6.45) is 1.57. The summed E-state index contributed by atoms with van der Waals surface area (Å²) in [5.74, 6) is -0.139. The number of nitrogens with zero attached hydrogens (tertiary/aromatic N) is 1. The molecule has 0 aliphatic carbocycles. The molecule has 11 heteroatoms. The fourth-order valence-electron chi connectivity index (χ4n) is 4.15. The maximum absolute atomic E-state index is 13.1. The van der Waals surface area contributed by atoms with Crippen LogP contribution >= 0.6 is 11.6 Å². The molecule has 0 aromatic heterocycles. The molecule has 0 unspecified atom stereocenters. The van der Waals surface area contributed by atoms with Gasteiger partial charge in [0.25, 0.3) is 15.9 Å². The van der Waals surface area contributed by atoms with E-state index < -0.39 is 26.0 Å². The molecule has 4 rings (SSSR count). The zero-order chi connectivity index (χ0) is 27.7. The molecular weight excluding hydrogens is 546 g/mol. The summed E-state index contributed by atoms with van der Waals surface area (Å²) in [5, 5.41) is 2.76. The number of hydrogen-bond acceptors (Lipinski definition) is 5. The second-order valence-corrected chi connectivity index (χ2v) is 13.6. The molecule has 3 aromatic rings. The molecule has 38 heavy (non-hydrogen) atoms. The molecule has 3 aromatic carbocycles. The van der Waals surface area contributed by atoms with Crippen molar-refractivity contribution in [2.75, 3.05) is 23.1 Å². The molecule has 1 saturated heterocycles. The van der Waals surface area contributed by atoms with Gasteiger partial charge < -0.3 is 5.32 Å². The summed E-state index contributed by atoms with van der Waals surface area (Å²) in [4.78, 5) is 13.0. The van der Waals surface area contributed by atoms with Gasteiger partial charge in [-0.05, 0) is 98.3 Å². The van der Waals surface area contributed by atoms with E-state index in [4.69, 9.17) is 11.6 Å². The van der Waals surface area contributed by atoms with E-state index in [0.717, 1.165) is 24.0 Å². The molecule has 1 amide bonds. The average molecular weight is 576 g/mol. The van der Waals surface area contributed by atoms with Gasteiger partial charge in [0.15, 0.2) is 0 Å². The van der Waals surface area contributed by atoms with E-state index in [9.17, 15) is 21.6 Å². The molecule has 1 fully saturated rings. The van der Waals surface area contributed by atoms with E-state index >= 15 is 0 Å². The van der Waals surface area contributed by atoms with Crippen LogP contribution in [-0.2, 0) is 20.0 Å². The van der Waals surface area contributed by atoms with Gasteiger partial charge in [-0.3, -0.25) is 9.52 Å². The van der Waals surface area contributed by atoms with Gasteiger partial charge in [0, 0.05) is 24.5 Å². The number of aryl methyl sites for hydroxylation is 2. The Labute approximate surface area is 229 Å². The molecule has 0 atom stereocenters. The van der Waals surface area contributed by atoms with Crippen LogP contribution in [0.2, 0.25) is 5.02 Å². The molecule has 0 saturated carbocycles. The minimum absolute atomic E-state index is 0.000427. The first kappa shape index (κ1) is 28.1. The number of carbonyl (C=O) groups is 1. The zero-order valence-electron chi connectivity index (χ0n) is 21.4. The Morgan fingerprint density at radius 2 is 1.45 bits per heavy atom.